The number of anilines is 2. The molecule has 5 heterocycles. The van der Waals surface area contributed by atoms with E-state index in [4.69, 9.17) is 25.4 Å². The maximum atomic E-state index is 11.7. The van der Waals surface area contributed by atoms with Gasteiger partial charge in [0.05, 0.1) is 19.5 Å². The van der Waals surface area contributed by atoms with Crippen molar-refractivity contribution in [3.63, 3.8) is 0 Å². The number of nitrogen functional groups attached to an aromatic ring is 1. The van der Waals surface area contributed by atoms with Crippen LogP contribution in [-0.2, 0) is 9.47 Å². The number of ether oxygens (including phenoxy) is 2. The Hall–Kier alpha value is -3.29. The van der Waals surface area contributed by atoms with E-state index in [1.165, 1.54) is 23.4 Å². The van der Waals surface area contributed by atoms with Gasteiger partial charge >= 0.3 is 5.69 Å². The van der Waals surface area contributed by atoms with Crippen molar-refractivity contribution in [1.82, 2.24) is 29.1 Å². The zero-order valence-corrected chi connectivity index (χ0v) is 20.4. The van der Waals surface area contributed by atoms with Gasteiger partial charge in [0.2, 0.25) is 0 Å². The molecular formula is C21H30N8O9. The van der Waals surface area contributed by atoms with Crippen molar-refractivity contribution in [2.24, 2.45) is 0 Å². The molecule has 0 aromatic carbocycles. The fourth-order valence-corrected chi connectivity index (χ4v) is 4.20. The summed E-state index contributed by atoms with van der Waals surface area (Å²) in [5.41, 5.74) is 6.35. The highest BCUT2D eigenvalue weighted by molar-refractivity contribution is 5.82. The fourth-order valence-electron chi connectivity index (χ4n) is 4.20. The minimum atomic E-state index is -1.32. The first-order valence-electron chi connectivity index (χ1n) is 11.6. The molecule has 0 spiro atoms. The van der Waals surface area contributed by atoms with Gasteiger partial charge < -0.3 is 51.2 Å². The quantitative estimate of drug-likeness (QED) is 0.155. The molecule has 8 atom stereocenters. The van der Waals surface area contributed by atoms with E-state index >= 15 is 0 Å². The lowest BCUT2D eigenvalue weighted by molar-refractivity contribution is -0.0550. The minimum absolute atomic E-state index is 0.1000. The lowest BCUT2D eigenvalue weighted by Gasteiger charge is -2.17. The minimum Gasteiger partial charge on any atom is -0.394 e. The summed E-state index contributed by atoms with van der Waals surface area (Å²) in [5.74, 6) is 0.656. The molecule has 2 fully saturated rings. The highest BCUT2D eigenvalue weighted by Crippen LogP contribution is 2.32. The van der Waals surface area contributed by atoms with E-state index in [0.717, 1.165) is 4.57 Å². The summed E-state index contributed by atoms with van der Waals surface area (Å²) in [4.78, 5) is 27.6. The number of nitrogens with one attached hydrogen (secondary N) is 1. The zero-order chi connectivity index (χ0) is 27.7. The van der Waals surface area contributed by atoms with Crippen LogP contribution in [0.25, 0.3) is 11.2 Å². The molecule has 0 radical (unpaired) electrons. The highest BCUT2D eigenvalue weighted by atomic mass is 16.6. The summed E-state index contributed by atoms with van der Waals surface area (Å²) in [7, 11) is 1.72. The predicted octanol–water partition coefficient (Wildman–Crippen LogP) is -3.78. The SMILES string of the molecule is CNc1ncnc2c1ncn2[C@@H]1O[C@H](CO)[C@@H](O)[C@H]1O.Cc1cn([C@@H]2O[C@H](CO)[C@@H](O)[C@H]2O)c(=O)nc1N. The van der Waals surface area contributed by atoms with Crippen LogP contribution in [0.2, 0.25) is 0 Å². The van der Waals surface area contributed by atoms with Crippen molar-refractivity contribution in [1.29, 1.82) is 0 Å². The topological polar surface area (TPSA) is 256 Å². The van der Waals surface area contributed by atoms with Gasteiger partial charge in [-0.1, -0.05) is 0 Å². The van der Waals surface area contributed by atoms with Crippen molar-refractivity contribution in [3.8, 4) is 0 Å². The maximum Gasteiger partial charge on any atom is 0.351 e. The number of imidazole rings is 1. The Labute approximate surface area is 214 Å². The summed E-state index contributed by atoms with van der Waals surface area (Å²) in [6.45, 7) is 0.822. The van der Waals surface area contributed by atoms with Gasteiger partial charge in [0.15, 0.2) is 23.9 Å². The zero-order valence-electron chi connectivity index (χ0n) is 20.4. The molecular weight excluding hydrogens is 508 g/mol. The molecule has 2 saturated heterocycles. The Balaban J connectivity index is 0.000000178. The van der Waals surface area contributed by atoms with Gasteiger partial charge in [-0.05, 0) is 6.92 Å². The lowest BCUT2D eigenvalue weighted by atomic mass is 10.1. The summed E-state index contributed by atoms with van der Waals surface area (Å²) >= 11 is 0. The summed E-state index contributed by atoms with van der Waals surface area (Å²) in [6.07, 6.45) is -4.39. The van der Waals surface area contributed by atoms with E-state index < -0.39 is 61.4 Å². The van der Waals surface area contributed by atoms with Crippen LogP contribution in [0.5, 0.6) is 0 Å². The van der Waals surface area contributed by atoms with Crippen molar-refractivity contribution >= 4 is 22.8 Å². The third kappa shape index (κ3) is 4.93. The molecule has 17 nitrogen and oxygen atoms in total. The Morgan fingerprint density at radius 3 is 2.05 bits per heavy atom. The molecule has 0 bridgehead atoms. The Kier molecular flexibility index (Phi) is 8.19. The average molecular weight is 539 g/mol. The van der Waals surface area contributed by atoms with Gasteiger partial charge in [0.1, 0.15) is 54.3 Å². The van der Waals surface area contributed by atoms with Crippen molar-refractivity contribution in [2.75, 3.05) is 31.3 Å². The van der Waals surface area contributed by atoms with E-state index in [2.05, 4.69) is 25.3 Å². The first-order valence-corrected chi connectivity index (χ1v) is 11.6. The first-order chi connectivity index (χ1) is 18.1. The summed E-state index contributed by atoms with van der Waals surface area (Å²) in [6, 6.07) is 0. The molecule has 17 heteroatoms. The molecule has 0 aliphatic carbocycles. The molecule has 2 aliphatic heterocycles. The van der Waals surface area contributed by atoms with Crippen LogP contribution in [0.1, 0.15) is 18.0 Å². The second kappa shape index (κ2) is 11.2. The molecule has 0 saturated carbocycles. The molecule has 0 amide bonds. The monoisotopic (exact) mass is 538 g/mol. The van der Waals surface area contributed by atoms with Gasteiger partial charge in [0, 0.05) is 18.8 Å². The number of nitrogens with zero attached hydrogens (tertiary/aromatic N) is 6. The van der Waals surface area contributed by atoms with Crippen molar-refractivity contribution in [2.45, 2.75) is 56.0 Å². The molecule has 0 unspecified atom stereocenters. The molecule has 2 aliphatic rings. The number of aliphatic hydroxyl groups is 6. The van der Waals surface area contributed by atoms with Crippen LogP contribution in [0.15, 0.2) is 23.6 Å². The molecule has 3 aromatic rings. The first kappa shape index (κ1) is 27.7. The van der Waals surface area contributed by atoms with Gasteiger partial charge in [-0.25, -0.2) is 19.7 Å². The third-order valence-electron chi connectivity index (χ3n) is 6.35. The van der Waals surface area contributed by atoms with Gasteiger partial charge in [-0.15, -0.1) is 0 Å². The van der Waals surface area contributed by atoms with E-state index in [9.17, 15) is 25.2 Å². The molecule has 208 valence electrons. The van der Waals surface area contributed by atoms with Gasteiger partial charge in [-0.3, -0.25) is 9.13 Å². The largest absolute Gasteiger partial charge is 0.394 e. The van der Waals surface area contributed by atoms with Gasteiger partial charge in [0.25, 0.3) is 0 Å². The number of aromatic nitrogens is 6. The van der Waals surface area contributed by atoms with E-state index in [1.54, 1.807) is 14.0 Å². The summed E-state index contributed by atoms with van der Waals surface area (Å²) in [5, 5.41) is 60.2. The fraction of sp³-hybridized carbons (Fsp3) is 0.571. The third-order valence-corrected chi connectivity index (χ3v) is 6.35. The Bertz CT molecular complexity index is 1320. The van der Waals surface area contributed by atoms with E-state index in [-0.39, 0.29) is 12.4 Å². The Morgan fingerprint density at radius 1 is 0.947 bits per heavy atom. The van der Waals surface area contributed by atoms with E-state index in [1.807, 2.05) is 0 Å². The normalized spacial score (nSPS) is 30.8. The summed E-state index contributed by atoms with van der Waals surface area (Å²) < 4.78 is 13.2. The lowest BCUT2D eigenvalue weighted by Crippen LogP contribution is -2.36. The van der Waals surface area contributed by atoms with Crippen LogP contribution in [-0.4, -0.2) is 117 Å². The van der Waals surface area contributed by atoms with Crippen LogP contribution in [0.3, 0.4) is 0 Å². The van der Waals surface area contributed by atoms with Crippen LogP contribution in [0, 0.1) is 6.92 Å². The Morgan fingerprint density at radius 2 is 1.53 bits per heavy atom. The smallest absolute Gasteiger partial charge is 0.351 e. The number of aliphatic hydroxyl groups excluding tert-OH is 6. The van der Waals surface area contributed by atoms with Crippen molar-refractivity contribution in [3.05, 3.63) is 34.9 Å². The molecule has 38 heavy (non-hydrogen) atoms. The highest BCUT2D eigenvalue weighted by Gasteiger charge is 2.45. The number of nitrogens with two attached hydrogens (primary N) is 1. The second-order valence-corrected chi connectivity index (χ2v) is 8.75. The van der Waals surface area contributed by atoms with E-state index in [0.29, 0.717) is 22.5 Å². The van der Waals surface area contributed by atoms with Crippen LogP contribution >= 0.6 is 0 Å². The van der Waals surface area contributed by atoms with Crippen molar-refractivity contribution < 1.29 is 40.1 Å². The standard InChI is InChI=1S/C11H15N5O4.C10H15N3O5/c1-12-9-6-10(14-3-13-9)16(4-15-6)11-8(19)7(18)5(2-17)20-11;1-4-2-13(10(17)12-8(4)11)9-7(16)6(15)5(3-14)18-9/h3-5,7-8,11,17-19H,2H2,1H3,(H,12,13,14);2,5-7,9,14-16H,3H2,1H3,(H2,11,12,17)/t5-,7-,8-,11-;5-,6-,7-,9-/m11/s1. The number of fused-ring (bicyclic) bond motifs is 1. The maximum absolute atomic E-state index is 11.7. The van der Waals surface area contributed by atoms with Gasteiger partial charge in [-0.2, -0.15) is 4.98 Å². The molecule has 5 rings (SSSR count). The molecule has 3 aromatic heterocycles. The number of hydrogen-bond donors (Lipinski definition) is 8. The second-order valence-electron chi connectivity index (χ2n) is 8.75. The van der Waals surface area contributed by atoms with Crippen LogP contribution in [0.4, 0.5) is 11.6 Å². The molecule has 9 N–H and O–H groups in total. The number of hydrogen-bond acceptors (Lipinski definition) is 15. The average Bonchev–Trinajstić information content (AvgIpc) is 3.56. The van der Waals surface area contributed by atoms with Crippen LogP contribution < -0.4 is 16.7 Å². The number of rotatable bonds is 5. The predicted molar refractivity (Wildman–Crippen MR) is 129 cm³/mol. The number of aryl methyl sites for hydroxylation is 1.